The van der Waals surface area contributed by atoms with Crippen LogP contribution in [-0.4, -0.2) is 31.2 Å². The number of ether oxygens (including phenoxy) is 2. The van der Waals surface area contributed by atoms with Gasteiger partial charge in [0.05, 0.1) is 31.7 Å². The van der Waals surface area contributed by atoms with Crippen molar-refractivity contribution in [3.63, 3.8) is 0 Å². The first-order valence-corrected chi connectivity index (χ1v) is 8.49. The third-order valence-corrected chi connectivity index (χ3v) is 5.91. The first-order valence-electron chi connectivity index (χ1n) is 8.49. The van der Waals surface area contributed by atoms with E-state index in [0.717, 1.165) is 6.42 Å². The van der Waals surface area contributed by atoms with Crippen LogP contribution in [-0.2, 0) is 9.59 Å². The van der Waals surface area contributed by atoms with E-state index in [2.05, 4.69) is 5.32 Å². The summed E-state index contributed by atoms with van der Waals surface area (Å²) in [5.74, 6) is -0.326. The molecule has 1 amide bonds. The molecule has 6 nitrogen and oxygen atoms in total. The highest BCUT2D eigenvalue weighted by atomic mass is 16.5. The molecule has 0 saturated heterocycles. The third kappa shape index (κ3) is 2.47. The molecule has 4 aliphatic rings. The Morgan fingerprint density at radius 2 is 1.76 bits per heavy atom. The van der Waals surface area contributed by atoms with Crippen molar-refractivity contribution in [1.82, 2.24) is 0 Å². The standard InChI is InChI=1S/C19H21NO5/c1-24-9-3-6-14(15(7-9)25-2)20-18(21)16-10-4-5-11(13-8-12(10)13)17(16)19(22)23/h3-7,10-13,16-17H,8H2,1-2H3,(H,20,21)(H,22,23)/t10-,11-,12+,13-,16+,17-/m0/s1. The van der Waals surface area contributed by atoms with Gasteiger partial charge in [-0.3, -0.25) is 9.59 Å². The first kappa shape index (κ1) is 16.0. The number of benzene rings is 1. The highest BCUT2D eigenvalue weighted by molar-refractivity contribution is 5.97. The van der Waals surface area contributed by atoms with Gasteiger partial charge in [-0.2, -0.15) is 0 Å². The van der Waals surface area contributed by atoms with Gasteiger partial charge in [0.1, 0.15) is 11.5 Å². The molecule has 2 fully saturated rings. The van der Waals surface area contributed by atoms with Crippen LogP contribution in [0.3, 0.4) is 0 Å². The zero-order valence-corrected chi connectivity index (χ0v) is 14.1. The molecular weight excluding hydrogens is 322 g/mol. The second-order valence-electron chi connectivity index (χ2n) is 7.05. The van der Waals surface area contributed by atoms with Crippen molar-refractivity contribution in [3.05, 3.63) is 30.4 Å². The number of carboxylic acids is 1. The monoisotopic (exact) mass is 343 g/mol. The quantitative estimate of drug-likeness (QED) is 0.802. The Kier molecular flexibility index (Phi) is 3.71. The minimum Gasteiger partial charge on any atom is -0.497 e. The Morgan fingerprint density at radius 1 is 1.08 bits per heavy atom. The summed E-state index contributed by atoms with van der Waals surface area (Å²) < 4.78 is 10.5. The Bertz CT molecular complexity index is 758. The number of carbonyl (C=O) groups excluding carboxylic acids is 1. The number of fused-ring (bicyclic) bond motifs is 1. The number of amides is 1. The lowest BCUT2D eigenvalue weighted by Gasteiger charge is -2.41. The maximum Gasteiger partial charge on any atom is 0.307 e. The molecule has 1 aromatic carbocycles. The zero-order chi connectivity index (χ0) is 17.7. The number of nitrogens with one attached hydrogen (secondary N) is 1. The molecule has 2 N–H and O–H groups in total. The van der Waals surface area contributed by atoms with Gasteiger partial charge in [-0.15, -0.1) is 0 Å². The number of hydrogen-bond donors (Lipinski definition) is 2. The second kappa shape index (κ2) is 5.79. The highest BCUT2D eigenvalue weighted by Gasteiger charge is 2.63. The molecule has 0 radical (unpaired) electrons. The third-order valence-electron chi connectivity index (χ3n) is 5.91. The van der Waals surface area contributed by atoms with Crippen LogP contribution in [0.15, 0.2) is 30.4 Å². The molecule has 0 aromatic heterocycles. The average molecular weight is 343 g/mol. The smallest absolute Gasteiger partial charge is 0.307 e. The van der Waals surface area contributed by atoms with E-state index in [-0.39, 0.29) is 17.7 Å². The molecule has 0 aliphatic heterocycles. The van der Waals surface area contributed by atoms with Crippen molar-refractivity contribution in [1.29, 1.82) is 0 Å². The highest BCUT2D eigenvalue weighted by Crippen LogP contribution is 2.63. The van der Waals surface area contributed by atoms with Gasteiger partial charge < -0.3 is 19.9 Å². The molecule has 4 aliphatic carbocycles. The number of carbonyl (C=O) groups is 2. The molecule has 0 unspecified atom stereocenters. The van der Waals surface area contributed by atoms with Crippen LogP contribution < -0.4 is 14.8 Å². The largest absolute Gasteiger partial charge is 0.497 e. The number of methoxy groups -OCH3 is 2. The summed E-state index contributed by atoms with van der Waals surface area (Å²) in [4.78, 5) is 24.8. The maximum atomic E-state index is 13.0. The van der Waals surface area contributed by atoms with E-state index in [1.165, 1.54) is 7.11 Å². The lowest BCUT2D eigenvalue weighted by atomic mass is 9.62. The summed E-state index contributed by atoms with van der Waals surface area (Å²) in [6.45, 7) is 0. The zero-order valence-electron chi connectivity index (χ0n) is 14.1. The van der Waals surface area contributed by atoms with Crippen molar-refractivity contribution >= 4 is 17.6 Å². The molecule has 25 heavy (non-hydrogen) atoms. The van der Waals surface area contributed by atoms with E-state index < -0.39 is 17.8 Å². The number of hydrogen-bond acceptors (Lipinski definition) is 4. The van der Waals surface area contributed by atoms with Crippen molar-refractivity contribution in [3.8, 4) is 11.5 Å². The van der Waals surface area contributed by atoms with Gasteiger partial charge in [0, 0.05) is 6.07 Å². The fourth-order valence-electron chi connectivity index (χ4n) is 4.69. The molecule has 6 atom stereocenters. The minimum atomic E-state index is -0.883. The Morgan fingerprint density at radius 3 is 2.36 bits per heavy atom. The molecule has 1 aromatic rings. The molecule has 6 heteroatoms. The number of rotatable bonds is 5. The summed E-state index contributed by atoms with van der Waals surface area (Å²) in [6.07, 6.45) is 5.09. The van der Waals surface area contributed by atoms with E-state index in [1.54, 1.807) is 25.3 Å². The fourth-order valence-corrected chi connectivity index (χ4v) is 4.69. The van der Waals surface area contributed by atoms with Crippen molar-refractivity contribution in [2.24, 2.45) is 35.5 Å². The van der Waals surface area contributed by atoms with E-state index in [9.17, 15) is 14.7 Å². The molecule has 2 saturated carbocycles. The predicted octanol–water partition coefficient (Wildman–Crippen LogP) is 2.41. The number of allylic oxidation sites excluding steroid dienone is 2. The van der Waals surface area contributed by atoms with Gasteiger partial charge >= 0.3 is 5.97 Å². The van der Waals surface area contributed by atoms with Crippen LogP contribution in [0.2, 0.25) is 0 Å². The van der Waals surface area contributed by atoms with Crippen LogP contribution in [0.1, 0.15) is 6.42 Å². The molecular formula is C19H21NO5. The summed E-state index contributed by atoms with van der Waals surface area (Å²) in [7, 11) is 3.08. The summed E-state index contributed by atoms with van der Waals surface area (Å²) in [6, 6.07) is 5.13. The van der Waals surface area contributed by atoms with Crippen LogP contribution in [0, 0.1) is 35.5 Å². The molecule has 2 bridgehead atoms. The summed E-state index contributed by atoms with van der Waals surface area (Å²) in [5, 5.41) is 12.6. The van der Waals surface area contributed by atoms with Crippen LogP contribution in [0.4, 0.5) is 5.69 Å². The van der Waals surface area contributed by atoms with Crippen molar-refractivity contribution in [2.45, 2.75) is 6.42 Å². The van der Waals surface area contributed by atoms with Gasteiger partial charge in [0.15, 0.2) is 0 Å². The molecule has 0 heterocycles. The van der Waals surface area contributed by atoms with Gasteiger partial charge in [-0.05, 0) is 42.2 Å². The van der Waals surface area contributed by atoms with E-state index in [0.29, 0.717) is 29.0 Å². The first-order chi connectivity index (χ1) is 12.0. The Hall–Kier alpha value is -2.50. The Labute approximate surface area is 145 Å². The van der Waals surface area contributed by atoms with Crippen LogP contribution >= 0.6 is 0 Å². The van der Waals surface area contributed by atoms with Gasteiger partial charge in [0.2, 0.25) is 5.91 Å². The van der Waals surface area contributed by atoms with Crippen molar-refractivity contribution in [2.75, 3.05) is 19.5 Å². The normalized spacial score (nSPS) is 34.2. The Balaban J connectivity index is 1.60. The topological polar surface area (TPSA) is 84.9 Å². The second-order valence-corrected chi connectivity index (χ2v) is 7.05. The van der Waals surface area contributed by atoms with Crippen molar-refractivity contribution < 1.29 is 24.2 Å². The summed E-state index contributed by atoms with van der Waals surface area (Å²) in [5.41, 5.74) is 0.523. The van der Waals surface area contributed by atoms with Gasteiger partial charge in [-0.1, -0.05) is 12.2 Å². The molecule has 0 spiro atoms. The lowest BCUT2D eigenvalue weighted by Crippen LogP contribution is -2.48. The van der Waals surface area contributed by atoms with Crippen LogP contribution in [0.25, 0.3) is 0 Å². The minimum absolute atomic E-state index is 0.0142. The SMILES string of the molecule is COc1ccc(NC(=O)[C@@H]2[C@H]3C=C[C@@H]([C@@H]4C[C@H]34)[C@@H]2C(=O)O)c(OC)c1. The van der Waals surface area contributed by atoms with Gasteiger partial charge in [-0.25, -0.2) is 0 Å². The molecule has 5 rings (SSSR count). The predicted molar refractivity (Wildman–Crippen MR) is 90.5 cm³/mol. The summed E-state index contributed by atoms with van der Waals surface area (Å²) >= 11 is 0. The van der Waals surface area contributed by atoms with Crippen LogP contribution in [0.5, 0.6) is 11.5 Å². The molecule has 132 valence electrons. The fraction of sp³-hybridized carbons (Fsp3) is 0.474. The number of anilines is 1. The van der Waals surface area contributed by atoms with E-state index in [1.807, 2.05) is 12.2 Å². The van der Waals surface area contributed by atoms with E-state index in [4.69, 9.17) is 9.47 Å². The average Bonchev–Trinajstić information content (AvgIpc) is 3.43. The number of aliphatic carboxylic acids is 1. The van der Waals surface area contributed by atoms with E-state index >= 15 is 0 Å². The van der Waals surface area contributed by atoms with Gasteiger partial charge in [0.25, 0.3) is 0 Å². The number of carboxylic acid groups (broad SMARTS) is 1. The lowest BCUT2D eigenvalue weighted by molar-refractivity contribution is -0.152. The maximum absolute atomic E-state index is 13.0.